The molecule has 3 aliphatic rings. The fourth-order valence-corrected chi connectivity index (χ4v) is 10.2. The van der Waals surface area contributed by atoms with Gasteiger partial charge in [0.1, 0.15) is 60.4 Å². The molecule has 3 fully saturated rings. The summed E-state index contributed by atoms with van der Waals surface area (Å²) in [5, 5.41) is 112. The normalized spacial score (nSPS) is 27.3. The average Bonchev–Trinajstić information content (AvgIpc) is 4.23. The number of unbranched alkanes of at least 4 members (excludes halogenated alkanes) is 5. The van der Waals surface area contributed by atoms with E-state index < -0.39 is 152 Å². The fourth-order valence-electron chi connectivity index (χ4n) is 10.2. The van der Waals surface area contributed by atoms with Crippen molar-refractivity contribution in [1.82, 2.24) is 41.7 Å². The molecule has 0 radical (unpaired) electrons. The van der Waals surface area contributed by atoms with Crippen molar-refractivity contribution in [3.63, 3.8) is 0 Å². The van der Waals surface area contributed by atoms with E-state index in [9.17, 15) is 79.2 Å². The highest BCUT2D eigenvalue weighted by Gasteiger charge is 2.49. The maximum Gasteiger partial charge on any atom is 0.303 e. The number of carboxylic acid groups (broad SMARTS) is 1. The minimum atomic E-state index is -2.28. The van der Waals surface area contributed by atoms with E-state index in [-0.39, 0.29) is 63.2 Å². The third kappa shape index (κ3) is 21.9. The summed E-state index contributed by atoms with van der Waals surface area (Å²) in [7, 11) is 0. The topological polar surface area (TPSA) is 449 Å². The molecule has 16 atom stereocenters. The zero-order chi connectivity index (χ0) is 61.4. The molecule has 1 aromatic carbocycles. The molecule has 7 amide bonds. The second kappa shape index (κ2) is 35.5. The quantitative estimate of drug-likeness (QED) is 0.0464. The lowest BCUT2D eigenvalue weighted by Crippen LogP contribution is -2.65. The summed E-state index contributed by atoms with van der Waals surface area (Å²) in [6.07, 6.45) is -6.72. The standard InChI is InChI=1S/C52H88N10O15.C3H6O2/c1-5-28(2)24-29(3)12-10-8-6-7-9-11-13-39(69)56-34-26-38(68)46(55-22-21-54)60-50(75)43-37(67)19-23-61(43)52(77)41(36(66)18-20-53)58-49(74)42(45(71)44(70)31-14-16-32(64)17-15-31)59-48(73)35-25-33(65)27-62(35)51(76)40(30(4)63)57-47(34)72;1-2-3(4)5/h14-17,28-30,33-38,40-46,55,63-68,70-71H,5-13,18-27,53-54H2,1-4H3,(H,56,69)(H,57,72)(H,58,74)(H,59,73)(H,60,75);2H2,1H3,(H,4,5)/t28?,29?,30-,33-,34+,35+,36-,37+,38-,40+,41+,42+,43+,44+,45+,46+;/m1./s1. The van der Waals surface area contributed by atoms with Gasteiger partial charge in [0.25, 0.3) is 0 Å². The van der Waals surface area contributed by atoms with Gasteiger partial charge in [-0.05, 0) is 68.7 Å². The van der Waals surface area contributed by atoms with Gasteiger partial charge in [-0.15, -0.1) is 0 Å². The number of nitrogens with zero attached hydrogens (tertiary/aromatic N) is 2. The molecule has 3 saturated heterocycles. The van der Waals surface area contributed by atoms with Gasteiger partial charge in [-0.3, -0.25) is 43.7 Å². The minimum Gasteiger partial charge on any atom is -0.508 e. The maximum atomic E-state index is 14.6. The summed E-state index contributed by atoms with van der Waals surface area (Å²) < 4.78 is 0. The molecule has 0 spiro atoms. The average molecular weight is 1170 g/mol. The SMILES string of the molecule is CCC(=O)O.CCC(C)CC(C)CCCCCCCCC(=O)N[C@H]1C[C@@H](O)[C@@H](NCCN)NC(=O)[C@@H]2[C@@H](O)CCN2C(=O)[C@H]([C@H](O)CCN)NC(=O)[C@H]([C@H](O)[C@@H](O)c2ccc(O)cc2)NC(=O)[C@@H]2C[C@@H](O)CN2C(=O)[C@H]([C@@H](C)O)NC1=O. The van der Waals surface area contributed by atoms with Crippen molar-refractivity contribution < 1.29 is 84.3 Å². The Morgan fingerprint density at radius 2 is 1.30 bits per heavy atom. The first-order valence-corrected chi connectivity index (χ1v) is 28.8. The lowest BCUT2D eigenvalue weighted by Gasteiger charge is -2.35. The van der Waals surface area contributed by atoms with Crippen LogP contribution in [0.15, 0.2) is 24.3 Å². The third-order valence-electron chi connectivity index (χ3n) is 15.2. The van der Waals surface area contributed by atoms with Crippen LogP contribution in [0.5, 0.6) is 5.75 Å². The Morgan fingerprint density at radius 3 is 1.90 bits per heavy atom. The fraction of sp³-hybridized carbons (Fsp3) is 0.745. The van der Waals surface area contributed by atoms with Crippen LogP contribution < -0.4 is 43.4 Å². The molecular weight excluding hydrogens is 1070 g/mol. The number of aliphatic carboxylic acids is 1. The molecular formula is C55H94N10O17. The van der Waals surface area contributed by atoms with E-state index in [0.717, 1.165) is 55.2 Å². The monoisotopic (exact) mass is 1170 g/mol. The Labute approximate surface area is 479 Å². The Bertz CT molecular complexity index is 2200. The van der Waals surface area contributed by atoms with E-state index in [4.69, 9.17) is 16.6 Å². The third-order valence-corrected chi connectivity index (χ3v) is 15.2. The van der Waals surface area contributed by atoms with E-state index in [1.165, 1.54) is 30.7 Å². The van der Waals surface area contributed by atoms with Gasteiger partial charge in [0, 0.05) is 51.9 Å². The predicted octanol–water partition coefficient (Wildman–Crippen LogP) is -2.83. The highest BCUT2D eigenvalue weighted by molar-refractivity contribution is 5.98. The number of hydrogen-bond acceptors (Lipinski definition) is 19. The summed E-state index contributed by atoms with van der Waals surface area (Å²) in [4.78, 5) is 111. The lowest BCUT2D eigenvalue weighted by molar-refractivity contribution is -0.148. The number of carboxylic acids is 1. The number of benzene rings is 1. The second-order valence-electron chi connectivity index (χ2n) is 22.0. The Kier molecular flexibility index (Phi) is 30.6. The number of fused-ring (bicyclic) bond motifs is 2. The van der Waals surface area contributed by atoms with E-state index in [2.05, 4.69) is 52.7 Å². The molecule has 3 heterocycles. The molecule has 19 N–H and O–H groups in total. The van der Waals surface area contributed by atoms with Gasteiger partial charge >= 0.3 is 5.97 Å². The van der Waals surface area contributed by atoms with Crippen LogP contribution in [0.25, 0.3) is 0 Å². The Balaban J connectivity index is 0.00000337. The maximum absolute atomic E-state index is 14.6. The summed E-state index contributed by atoms with van der Waals surface area (Å²) in [5.74, 6) is -7.18. The zero-order valence-electron chi connectivity index (χ0n) is 48.0. The second-order valence-corrected chi connectivity index (χ2v) is 22.0. The van der Waals surface area contributed by atoms with E-state index in [1.54, 1.807) is 6.92 Å². The van der Waals surface area contributed by atoms with Gasteiger partial charge in [0.15, 0.2) is 0 Å². The molecule has 0 aliphatic carbocycles. The Morgan fingerprint density at radius 1 is 0.707 bits per heavy atom. The summed E-state index contributed by atoms with van der Waals surface area (Å²) >= 11 is 0. The number of phenolic OH excluding ortho intramolecular Hbond substituents is 1. The van der Waals surface area contributed by atoms with E-state index >= 15 is 0 Å². The zero-order valence-corrected chi connectivity index (χ0v) is 48.0. The highest BCUT2D eigenvalue weighted by atomic mass is 16.4. The van der Waals surface area contributed by atoms with Crippen LogP contribution in [-0.4, -0.2) is 215 Å². The van der Waals surface area contributed by atoms with Crippen molar-refractivity contribution in [1.29, 1.82) is 0 Å². The van der Waals surface area contributed by atoms with Gasteiger partial charge in [-0.1, -0.05) is 84.8 Å². The van der Waals surface area contributed by atoms with Crippen LogP contribution >= 0.6 is 0 Å². The highest BCUT2D eigenvalue weighted by Crippen LogP contribution is 2.27. The van der Waals surface area contributed by atoms with Crippen molar-refractivity contribution in [2.24, 2.45) is 23.3 Å². The van der Waals surface area contributed by atoms with Crippen molar-refractivity contribution in [2.75, 3.05) is 32.7 Å². The molecule has 0 aromatic heterocycles. The van der Waals surface area contributed by atoms with Crippen LogP contribution in [0.3, 0.4) is 0 Å². The van der Waals surface area contributed by atoms with Crippen LogP contribution in [0.4, 0.5) is 0 Å². The summed E-state index contributed by atoms with van der Waals surface area (Å²) in [5.41, 5.74) is 11.5. The first-order valence-electron chi connectivity index (χ1n) is 28.8. The van der Waals surface area contributed by atoms with Crippen molar-refractivity contribution in [3.05, 3.63) is 29.8 Å². The van der Waals surface area contributed by atoms with Gasteiger partial charge in [-0.25, -0.2) is 0 Å². The smallest absolute Gasteiger partial charge is 0.303 e. The van der Waals surface area contributed by atoms with Crippen LogP contribution in [0.1, 0.15) is 143 Å². The number of nitrogens with two attached hydrogens (primary N) is 2. The van der Waals surface area contributed by atoms with Crippen LogP contribution in [0.2, 0.25) is 0 Å². The van der Waals surface area contributed by atoms with Crippen LogP contribution in [-0.2, 0) is 38.4 Å². The molecule has 3 aliphatic heterocycles. The van der Waals surface area contributed by atoms with Crippen molar-refractivity contribution >= 4 is 47.3 Å². The molecule has 1 aromatic rings. The number of hydrogen-bond donors (Lipinski definition) is 17. The molecule has 27 heteroatoms. The Hall–Kier alpha value is -5.62. The number of aliphatic hydroxyl groups excluding tert-OH is 7. The number of amides is 7. The molecule has 82 heavy (non-hydrogen) atoms. The number of carbonyl (C=O) groups is 8. The van der Waals surface area contributed by atoms with Gasteiger partial charge in [0.05, 0.1) is 30.5 Å². The van der Waals surface area contributed by atoms with E-state index in [1.807, 2.05) is 0 Å². The number of nitrogens with one attached hydrogen (secondary N) is 6. The van der Waals surface area contributed by atoms with Crippen molar-refractivity contribution in [3.8, 4) is 5.75 Å². The van der Waals surface area contributed by atoms with Crippen molar-refractivity contribution in [2.45, 2.75) is 216 Å². The first-order chi connectivity index (χ1) is 38.8. The molecule has 4 rings (SSSR count). The van der Waals surface area contributed by atoms with Gasteiger partial charge in [0.2, 0.25) is 41.4 Å². The van der Waals surface area contributed by atoms with Crippen LogP contribution in [0, 0.1) is 11.8 Å². The minimum absolute atomic E-state index is 0.0257. The first kappa shape index (κ1) is 70.6. The number of aromatic hydroxyl groups is 1. The van der Waals surface area contributed by atoms with Gasteiger partial charge in [-0.2, -0.15) is 0 Å². The molecule has 2 unspecified atom stereocenters. The molecule has 466 valence electrons. The largest absolute Gasteiger partial charge is 0.508 e. The van der Waals surface area contributed by atoms with Gasteiger partial charge < -0.3 is 93.8 Å². The molecule has 0 bridgehead atoms. The number of aliphatic hydroxyl groups is 7. The summed E-state index contributed by atoms with van der Waals surface area (Å²) in [6.45, 7) is 8.33. The lowest BCUT2D eigenvalue weighted by atomic mass is 9.91. The number of carbonyl (C=O) groups excluding carboxylic acids is 7. The number of phenols is 1. The molecule has 27 nitrogen and oxygen atoms in total. The van der Waals surface area contributed by atoms with E-state index in [0.29, 0.717) is 24.7 Å². The predicted molar refractivity (Wildman–Crippen MR) is 298 cm³/mol. The summed E-state index contributed by atoms with van der Waals surface area (Å²) in [6, 6.07) is -6.40. The molecule has 0 saturated carbocycles. The number of rotatable bonds is 24.